The Morgan fingerprint density at radius 1 is 1.08 bits per heavy atom. The first-order valence-electron chi connectivity index (χ1n) is 8.91. The molecule has 2 aromatic heterocycles. The second-order valence-corrected chi connectivity index (χ2v) is 6.86. The predicted octanol–water partition coefficient (Wildman–Crippen LogP) is 3.91. The number of carbonyl (C=O) groups is 1. The Labute approximate surface area is 152 Å². The first-order valence-corrected chi connectivity index (χ1v) is 8.91. The summed E-state index contributed by atoms with van der Waals surface area (Å²) in [5.74, 6) is 0.0298. The van der Waals surface area contributed by atoms with Crippen LogP contribution in [0.4, 0.5) is 5.82 Å². The Morgan fingerprint density at radius 2 is 1.81 bits per heavy atom. The fourth-order valence-corrected chi connectivity index (χ4v) is 3.62. The van der Waals surface area contributed by atoms with Crippen LogP contribution in [-0.4, -0.2) is 34.1 Å². The fourth-order valence-electron chi connectivity index (χ4n) is 3.62. The summed E-state index contributed by atoms with van der Waals surface area (Å²) in [5.41, 5.74) is 4.44. The quantitative estimate of drug-likeness (QED) is 0.778. The minimum Gasteiger partial charge on any atom is -0.481 e. The monoisotopic (exact) mass is 347 g/mol. The minimum absolute atomic E-state index is 0.226. The molecule has 1 saturated heterocycles. The number of aryl methyl sites for hydroxylation is 1. The van der Waals surface area contributed by atoms with E-state index >= 15 is 0 Å². The molecule has 5 heteroatoms. The van der Waals surface area contributed by atoms with Gasteiger partial charge in [0, 0.05) is 30.9 Å². The van der Waals surface area contributed by atoms with Crippen LogP contribution in [0.1, 0.15) is 18.4 Å². The van der Waals surface area contributed by atoms with Crippen molar-refractivity contribution >= 4 is 22.7 Å². The lowest BCUT2D eigenvalue weighted by Crippen LogP contribution is -2.36. The van der Waals surface area contributed by atoms with Gasteiger partial charge in [-0.3, -0.25) is 9.78 Å². The summed E-state index contributed by atoms with van der Waals surface area (Å²) in [4.78, 5) is 22.2. The van der Waals surface area contributed by atoms with Gasteiger partial charge in [0.25, 0.3) is 0 Å². The van der Waals surface area contributed by atoms with Crippen molar-refractivity contribution in [1.29, 1.82) is 0 Å². The van der Waals surface area contributed by atoms with E-state index in [2.05, 4.69) is 41.1 Å². The second kappa shape index (κ2) is 6.75. The maximum atomic E-state index is 11.1. The van der Waals surface area contributed by atoms with Crippen LogP contribution in [-0.2, 0) is 4.79 Å². The number of aliphatic carboxylic acids is 1. The Bertz CT molecular complexity index is 948. The van der Waals surface area contributed by atoms with Crippen molar-refractivity contribution in [2.75, 3.05) is 18.0 Å². The molecule has 1 aliphatic rings. The summed E-state index contributed by atoms with van der Waals surface area (Å²) >= 11 is 0. The Hall–Kier alpha value is -2.95. The SMILES string of the molecule is Cc1cc(N2CCC(C(=O)O)CC2)nc2ccc(-c3ccncc3)cc12. The van der Waals surface area contributed by atoms with Gasteiger partial charge >= 0.3 is 5.97 Å². The zero-order valence-electron chi connectivity index (χ0n) is 14.7. The minimum atomic E-state index is -0.684. The lowest BCUT2D eigenvalue weighted by Gasteiger charge is -2.31. The number of benzene rings is 1. The largest absolute Gasteiger partial charge is 0.481 e. The molecule has 0 saturated carbocycles. The van der Waals surface area contributed by atoms with Crippen LogP contribution in [0.5, 0.6) is 0 Å². The van der Waals surface area contributed by atoms with Crippen molar-refractivity contribution in [2.24, 2.45) is 5.92 Å². The Morgan fingerprint density at radius 3 is 2.50 bits per heavy atom. The number of hydrogen-bond acceptors (Lipinski definition) is 4. The van der Waals surface area contributed by atoms with Crippen molar-refractivity contribution in [3.63, 3.8) is 0 Å². The van der Waals surface area contributed by atoms with Crippen LogP contribution in [0, 0.1) is 12.8 Å². The van der Waals surface area contributed by atoms with Gasteiger partial charge in [-0.05, 0) is 66.8 Å². The third-order valence-corrected chi connectivity index (χ3v) is 5.18. The molecule has 0 amide bonds. The maximum absolute atomic E-state index is 11.1. The van der Waals surface area contributed by atoms with Gasteiger partial charge in [0.05, 0.1) is 11.4 Å². The second-order valence-electron chi connectivity index (χ2n) is 6.86. The maximum Gasteiger partial charge on any atom is 0.306 e. The molecule has 0 radical (unpaired) electrons. The molecule has 3 aromatic rings. The third-order valence-electron chi connectivity index (χ3n) is 5.18. The summed E-state index contributed by atoms with van der Waals surface area (Å²) in [6.07, 6.45) is 4.95. The molecule has 0 unspecified atom stereocenters. The van der Waals surface area contributed by atoms with Crippen LogP contribution in [0.3, 0.4) is 0 Å². The molecule has 3 heterocycles. The molecular weight excluding hydrogens is 326 g/mol. The number of aromatic nitrogens is 2. The predicted molar refractivity (Wildman–Crippen MR) is 102 cm³/mol. The van der Waals surface area contributed by atoms with Gasteiger partial charge < -0.3 is 10.0 Å². The van der Waals surface area contributed by atoms with E-state index in [1.54, 1.807) is 12.4 Å². The van der Waals surface area contributed by atoms with Crippen LogP contribution in [0.25, 0.3) is 22.0 Å². The van der Waals surface area contributed by atoms with Gasteiger partial charge in [0.2, 0.25) is 0 Å². The number of pyridine rings is 2. The normalized spacial score (nSPS) is 15.3. The summed E-state index contributed by atoms with van der Waals surface area (Å²) in [6.45, 7) is 3.59. The molecule has 0 aliphatic carbocycles. The van der Waals surface area contributed by atoms with Crippen molar-refractivity contribution in [3.05, 3.63) is 54.4 Å². The summed E-state index contributed by atoms with van der Waals surface area (Å²) in [6, 6.07) is 12.4. The zero-order valence-corrected chi connectivity index (χ0v) is 14.7. The van der Waals surface area contributed by atoms with E-state index in [1.165, 1.54) is 5.56 Å². The van der Waals surface area contributed by atoms with Crippen molar-refractivity contribution in [2.45, 2.75) is 19.8 Å². The summed E-state index contributed by atoms with van der Waals surface area (Å²) in [5, 5.41) is 10.3. The molecule has 0 bridgehead atoms. The molecule has 1 aliphatic heterocycles. The average molecular weight is 347 g/mol. The van der Waals surface area contributed by atoms with E-state index in [4.69, 9.17) is 10.1 Å². The molecule has 0 atom stereocenters. The van der Waals surface area contributed by atoms with Gasteiger partial charge in [-0.2, -0.15) is 0 Å². The molecule has 1 N–H and O–H groups in total. The molecule has 0 spiro atoms. The van der Waals surface area contributed by atoms with E-state index in [0.717, 1.165) is 40.9 Å². The molecule has 5 nitrogen and oxygen atoms in total. The summed E-state index contributed by atoms with van der Waals surface area (Å²) < 4.78 is 0. The lowest BCUT2D eigenvalue weighted by atomic mass is 9.97. The van der Waals surface area contributed by atoms with Crippen LogP contribution in [0.2, 0.25) is 0 Å². The number of rotatable bonds is 3. The number of carboxylic acids is 1. The molecular formula is C21H21N3O2. The van der Waals surface area contributed by atoms with E-state index in [1.807, 2.05) is 12.1 Å². The highest BCUT2D eigenvalue weighted by Crippen LogP contribution is 2.29. The van der Waals surface area contributed by atoms with Gasteiger partial charge in [-0.15, -0.1) is 0 Å². The Kier molecular flexibility index (Phi) is 4.29. The molecule has 132 valence electrons. The van der Waals surface area contributed by atoms with E-state index in [-0.39, 0.29) is 5.92 Å². The van der Waals surface area contributed by atoms with Crippen molar-refractivity contribution in [1.82, 2.24) is 9.97 Å². The number of anilines is 1. The van der Waals surface area contributed by atoms with Crippen LogP contribution < -0.4 is 4.90 Å². The van der Waals surface area contributed by atoms with E-state index < -0.39 is 5.97 Å². The number of nitrogens with zero attached hydrogens (tertiary/aromatic N) is 3. The molecule has 4 rings (SSSR count). The first kappa shape index (κ1) is 16.5. The molecule has 1 fully saturated rings. The average Bonchev–Trinajstić information content (AvgIpc) is 2.68. The third kappa shape index (κ3) is 3.12. The highest BCUT2D eigenvalue weighted by atomic mass is 16.4. The first-order chi connectivity index (χ1) is 12.6. The van der Waals surface area contributed by atoms with Crippen LogP contribution in [0.15, 0.2) is 48.8 Å². The van der Waals surface area contributed by atoms with E-state index in [9.17, 15) is 4.79 Å². The summed E-state index contributed by atoms with van der Waals surface area (Å²) in [7, 11) is 0. The fraction of sp³-hybridized carbons (Fsp3) is 0.286. The molecule has 26 heavy (non-hydrogen) atoms. The smallest absolute Gasteiger partial charge is 0.306 e. The van der Waals surface area contributed by atoms with Gasteiger partial charge in [-0.1, -0.05) is 6.07 Å². The highest BCUT2D eigenvalue weighted by molar-refractivity contribution is 5.88. The number of carboxylic acid groups (broad SMARTS) is 1. The lowest BCUT2D eigenvalue weighted by molar-refractivity contribution is -0.142. The van der Waals surface area contributed by atoms with Gasteiger partial charge in [-0.25, -0.2) is 4.98 Å². The zero-order chi connectivity index (χ0) is 18.1. The van der Waals surface area contributed by atoms with Crippen molar-refractivity contribution in [3.8, 4) is 11.1 Å². The topological polar surface area (TPSA) is 66.3 Å². The van der Waals surface area contributed by atoms with Crippen LogP contribution >= 0.6 is 0 Å². The van der Waals surface area contributed by atoms with Gasteiger partial charge in [0.1, 0.15) is 5.82 Å². The molecule has 1 aromatic carbocycles. The van der Waals surface area contributed by atoms with E-state index in [0.29, 0.717) is 12.8 Å². The standard InChI is InChI=1S/C21H21N3O2/c1-14-12-20(24-10-6-16(7-11-24)21(25)26)23-19-3-2-17(13-18(14)19)15-4-8-22-9-5-15/h2-5,8-9,12-13,16H,6-7,10-11H2,1H3,(H,25,26). The number of fused-ring (bicyclic) bond motifs is 1. The number of hydrogen-bond donors (Lipinski definition) is 1. The van der Waals surface area contributed by atoms with Crippen molar-refractivity contribution < 1.29 is 9.90 Å². The number of piperidine rings is 1. The highest BCUT2D eigenvalue weighted by Gasteiger charge is 2.25. The van der Waals surface area contributed by atoms with Gasteiger partial charge in [0.15, 0.2) is 0 Å². The Balaban J connectivity index is 1.64.